The van der Waals surface area contributed by atoms with Gasteiger partial charge in [0.15, 0.2) is 0 Å². The molecule has 5 atom stereocenters. The average Bonchev–Trinajstić information content (AvgIpc) is 3.28. The predicted molar refractivity (Wildman–Crippen MR) is 107 cm³/mol. The van der Waals surface area contributed by atoms with Crippen molar-refractivity contribution in [2.24, 2.45) is 17.8 Å². The van der Waals surface area contributed by atoms with Crippen molar-refractivity contribution >= 4 is 11.7 Å². The molecule has 0 aromatic heterocycles. The number of fused-ring (bicyclic) bond motifs is 7. The van der Waals surface area contributed by atoms with Gasteiger partial charge in [-0.25, -0.2) is 4.79 Å². The Morgan fingerprint density at radius 2 is 1.81 bits per heavy atom. The molecule has 2 bridgehead atoms. The Labute approximate surface area is 161 Å². The lowest BCUT2D eigenvalue weighted by molar-refractivity contribution is 0.0600. The number of nitrogens with one attached hydrogen (secondary N) is 1. The molecule has 140 valence electrons. The molecule has 2 fully saturated rings. The smallest absolute Gasteiger partial charge is 0.337 e. The minimum atomic E-state index is -0.271. The lowest BCUT2D eigenvalue weighted by atomic mass is 9.67. The summed E-state index contributed by atoms with van der Waals surface area (Å²) in [5.74, 6) is 2.70. The van der Waals surface area contributed by atoms with Crippen LogP contribution in [0.2, 0.25) is 0 Å². The molecule has 2 saturated carbocycles. The summed E-state index contributed by atoms with van der Waals surface area (Å²) in [6.45, 7) is 4.46. The van der Waals surface area contributed by atoms with Gasteiger partial charge in [0.1, 0.15) is 0 Å². The summed E-state index contributed by atoms with van der Waals surface area (Å²) in [6, 6.07) is 13.0. The molecule has 0 radical (unpaired) electrons. The quantitative estimate of drug-likeness (QED) is 0.729. The van der Waals surface area contributed by atoms with E-state index in [0.29, 0.717) is 23.4 Å². The van der Waals surface area contributed by atoms with Gasteiger partial charge in [-0.2, -0.15) is 0 Å². The zero-order valence-electron chi connectivity index (χ0n) is 16.3. The van der Waals surface area contributed by atoms with Crippen LogP contribution in [-0.2, 0) is 4.74 Å². The molecule has 3 aliphatic rings. The second-order valence-electron chi connectivity index (χ2n) is 8.71. The van der Waals surface area contributed by atoms with Gasteiger partial charge in [0, 0.05) is 5.69 Å². The molecule has 0 amide bonds. The standard InChI is InChI=1S/C24H27NO2/c1-13-10-14(2)20-19(11-13)25-23(22-18-9-8-17(12-18)21(20)22)15-4-6-16(7-5-15)24(26)27-3/h4-7,10-11,17-18,21-23,25H,8-9,12H2,1-3H3/t17-,18-,21-,22-,23-/m0/s1. The zero-order chi connectivity index (χ0) is 18.7. The Balaban J connectivity index is 1.58. The van der Waals surface area contributed by atoms with Crippen LogP contribution in [0.25, 0.3) is 0 Å². The van der Waals surface area contributed by atoms with Crippen molar-refractivity contribution in [1.29, 1.82) is 0 Å². The first kappa shape index (κ1) is 16.9. The number of methoxy groups -OCH3 is 1. The fraction of sp³-hybridized carbons (Fsp3) is 0.458. The molecule has 0 spiro atoms. The van der Waals surface area contributed by atoms with E-state index in [-0.39, 0.29) is 5.97 Å². The predicted octanol–water partition coefficient (Wildman–Crippen LogP) is 5.39. The monoisotopic (exact) mass is 361 g/mol. The number of aryl methyl sites for hydroxylation is 2. The highest BCUT2D eigenvalue weighted by molar-refractivity contribution is 5.89. The third kappa shape index (κ3) is 2.51. The summed E-state index contributed by atoms with van der Waals surface area (Å²) in [5.41, 5.74) is 7.56. The zero-order valence-corrected chi connectivity index (χ0v) is 16.3. The number of hydrogen-bond donors (Lipinski definition) is 1. The molecule has 5 rings (SSSR count). The van der Waals surface area contributed by atoms with E-state index in [1.807, 2.05) is 12.1 Å². The summed E-state index contributed by atoms with van der Waals surface area (Å²) in [4.78, 5) is 11.8. The summed E-state index contributed by atoms with van der Waals surface area (Å²) in [6.07, 6.45) is 4.12. The summed E-state index contributed by atoms with van der Waals surface area (Å²) in [7, 11) is 1.43. The van der Waals surface area contributed by atoms with E-state index in [0.717, 1.165) is 11.8 Å². The van der Waals surface area contributed by atoms with E-state index in [1.165, 1.54) is 48.8 Å². The molecule has 2 aromatic carbocycles. The Morgan fingerprint density at radius 1 is 1.07 bits per heavy atom. The first-order chi connectivity index (χ1) is 13.1. The molecule has 27 heavy (non-hydrogen) atoms. The molecule has 2 aliphatic carbocycles. The molecular formula is C24H27NO2. The maximum Gasteiger partial charge on any atom is 0.337 e. The van der Waals surface area contributed by atoms with Gasteiger partial charge in [0.25, 0.3) is 0 Å². The fourth-order valence-electron chi connectivity index (χ4n) is 6.30. The fourth-order valence-corrected chi connectivity index (χ4v) is 6.30. The summed E-state index contributed by atoms with van der Waals surface area (Å²) >= 11 is 0. The van der Waals surface area contributed by atoms with Crippen molar-refractivity contribution in [1.82, 2.24) is 0 Å². The first-order valence-corrected chi connectivity index (χ1v) is 10.1. The van der Waals surface area contributed by atoms with Crippen molar-refractivity contribution in [3.63, 3.8) is 0 Å². The van der Waals surface area contributed by atoms with Gasteiger partial charge in [-0.3, -0.25) is 0 Å². The van der Waals surface area contributed by atoms with Gasteiger partial charge >= 0.3 is 5.97 Å². The Bertz CT molecular complexity index is 901. The van der Waals surface area contributed by atoms with Gasteiger partial charge in [0.2, 0.25) is 0 Å². The second kappa shape index (κ2) is 6.12. The molecule has 1 N–H and O–H groups in total. The van der Waals surface area contributed by atoms with E-state index < -0.39 is 0 Å². The Hall–Kier alpha value is -2.29. The highest BCUT2D eigenvalue weighted by Crippen LogP contribution is 2.64. The van der Waals surface area contributed by atoms with Gasteiger partial charge < -0.3 is 10.1 Å². The van der Waals surface area contributed by atoms with Crippen LogP contribution >= 0.6 is 0 Å². The van der Waals surface area contributed by atoms with Crippen LogP contribution in [-0.4, -0.2) is 13.1 Å². The highest BCUT2D eigenvalue weighted by Gasteiger charge is 2.54. The number of ether oxygens (including phenoxy) is 1. The molecule has 1 heterocycles. The van der Waals surface area contributed by atoms with Crippen LogP contribution in [0.3, 0.4) is 0 Å². The lowest BCUT2D eigenvalue weighted by Crippen LogP contribution is -2.36. The van der Waals surface area contributed by atoms with E-state index in [4.69, 9.17) is 4.74 Å². The number of hydrogen-bond acceptors (Lipinski definition) is 3. The highest BCUT2D eigenvalue weighted by atomic mass is 16.5. The molecular weight excluding hydrogens is 334 g/mol. The van der Waals surface area contributed by atoms with E-state index in [1.54, 1.807) is 5.56 Å². The van der Waals surface area contributed by atoms with Crippen molar-refractivity contribution in [2.75, 3.05) is 12.4 Å². The van der Waals surface area contributed by atoms with Gasteiger partial charge in [-0.1, -0.05) is 18.2 Å². The van der Waals surface area contributed by atoms with Gasteiger partial charge in [-0.15, -0.1) is 0 Å². The first-order valence-electron chi connectivity index (χ1n) is 10.1. The van der Waals surface area contributed by atoms with Crippen LogP contribution in [0.4, 0.5) is 5.69 Å². The molecule has 2 aromatic rings. The van der Waals surface area contributed by atoms with Crippen LogP contribution in [0.15, 0.2) is 36.4 Å². The summed E-state index contributed by atoms with van der Waals surface area (Å²) in [5, 5.41) is 3.90. The second-order valence-corrected chi connectivity index (χ2v) is 8.71. The normalized spacial score (nSPS) is 30.4. The largest absolute Gasteiger partial charge is 0.465 e. The molecule has 3 nitrogen and oxygen atoms in total. The Kier molecular flexibility index (Phi) is 3.82. The van der Waals surface area contributed by atoms with E-state index >= 15 is 0 Å². The van der Waals surface area contributed by atoms with E-state index in [2.05, 4.69) is 43.4 Å². The lowest BCUT2D eigenvalue weighted by Gasteiger charge is -2.44. The van der Waals surface area contributed by atoms with Crippen molar-refractivity contribution in [3.05, 3.63) is 64.2 Å². The number of anilines is 1. The molecule has 0 saturated heterocycles. The number of carbonyl (C=O) groups is 1. The van der Waals surface area contributed by atoms with Crippen molar-refractivity contribution in [2.45, 2.75) is 45.1 Å². The van der Waals surface area contributed by atoms with Crippen LogP contribution in [0, 0.1) is 31.6 Å². The summed E-state index contributed by atoms with van der Waals surface area (Å²) < 4.78 is 4.85. The number of carbonyl (C=O) groups excluding carboxylic acids is 1. The minimum absolute atomic E-state index is 0.271. The number of benzene rings is 2. The van der Waals surface area contributed by atoms with Gasteiger partial charge in [-0.05, 0) is 97.2 Å². The maximum absolute atomic E-state index is 11.8. The third-order valence-corrected chi connectivity index (χ3v) is 7.23. The van der Waals surface area contributed by atoms with E-state index in [9.17, 15) is 4.79 Å². The Morgan fingerprint density at radius 3 is 2.56 bits per heavy atom. The molecule has 1 aliphatic heterocycles. The van der Waals surface area contributed by atoms with Crippen LogP contribution < -0.4 is 5.32 Å². The topological polar surface area (TPSA) is 38.3 Å². The molecule has 0 unspecified atom stereocenters. The van der Waals surface area contributed by atoms with Crippen LogP contribution in [0.5, 0.6) is 0 Å². The third-order valence-electron chi connectivity index (χ3n) is 7.23. The van der Waals surface area contributed by atoms with Gasteiger partial charge in [0.05, 0.1) is 18.7 Å². The van der Waals surface area contributed by atoms with Crippen LogP contribution in [0.1, 0.15) is 63.8 Å². The SMILES string of the molecule is COC(=O)c1ccc([C@@H]2Nc3cc(C)cc(C)c3[C@@H]3[C@H]4CC[C@@H](C4)[C@@H]32)cc1. The number of rotatable bonds is 2. The van der Waals surface area contributed by atoms with Crippen molar-refractivity contribution < 1.29 is 9.53 Å². The minimum Gasteiger partial charge on any atom is -0.465 e. The molecule has 3 heteroatoms. The number of esters is 1. The average molecular weight is 361 g/mol. The van der Waals surface area contributed by atoms with Crippen molar-refractivity contribution in [3.8, 4) is 0 Å². The maximum atomic E-state index is 11.8.